The van der Waals surface area contributed by atoms with Gasteiger partial charge in [0.05, 0.1) is 17.6 Å². The number of aliphatic imine (C=N–C) groups is 1. The maximum atomic E-state index is 12.8. The van der Waals surface area contributed by atoms with E-state index in [1.54, 1.807) is 11.8 Å². The Morgan fingerprint density at radius 1 is 1.30 bits per heavy atom. The molecule has 20 heavy (non-hydrogen) atoms. The zero-order valence-corrected chi connectivity index (χ0v) is 11.8. The summed E-state index contributed by atoms with van der Waals surface area (Å²) in [6.07, 6.45) is -1.66. The number of nitrogens with zero attached hydrogens (tertiary/aromatic N) is 2. The monoisotopic (exact) mass is 288 g/mol. The summed E-state index contributed by atoms with van der Waals surface area (Å²) >= 11 is 0. The summed E-state index contributed by atoms with van der Waals surface area (Å²) in [6, 6.07) is 2.03. The Morgan fingerprint density at radius 2 is 1.95 bits per heavy atom. The lowest BCUT2D eigenvalue weighted by Gasteiger charge is -2.14. The van der Waals surface area contributed by atoms with E-state index in [1.807, 2.05) is 14.0 Å². The van der Waals surface area contributed by atoms with Gasteiger partial charge >= 0.3 is 6.18 Å². The van der Waals surface area contributed by atoms with Crippen LogP contribution in [0.2, 0.25) is 0 Å². The minimum Gasteiger partial charge on any atom is -0.507 e. The van der Waals surface area contributed by atoms with E-state index in [0.29, 0.717) is 12.0 Å². The molecule has 0 fully saturated rings. The van der Waals surface area contributed by atoms with Crippen LogP contribution in [0.5, 0.6) is 5.75 Å². The van der Waals surface area contributed by atoms with E-state index in [4.69, 9.17) is 0 Å². The first-order valence-electron chi connectivity index (χ1n) is 6.47. The fraction of sp³-hybridized carbons (Fsp3) is 0.500. The molecule has 1 aromatic rings. The van der Waals surface area contributed by atoms with Crippen LogP contribution in [0.4, 0.5) is 18.9 Å². The van der Waals surface area contributed by atoms with Crippen molar-refractivity contribution in [2.24, 2.45) is 4.99 Å². The third-order valence-corrected chi connectivity index (χ3v) is 2.85. The first kappa shape index (κ1) is 16.3. The van der Waals surface area contributed by atoms with Crippen molar-refractivity contribution in [1.29, 1.82) is 0 Å². The number of benzene rings is 1. The van der Waals surface area contributed by atoms with Crippen molar-refractivity contribution in [3.63, 3.8) is 0 Å². The Hall–Kier alpha value is -1.72. The van der Waals surface area contributed by atoms with Gasteiger partial charge in [-0.25, -0.2) is 4.99 Å². The zero-order chi connectivity index (χ0) is 15.3. The maximum Gasteiger partial charge on any atom is 0.420 e. The second-order valence-corrected chi connectivity index (χ2v) is 4.57. The average molecular weight is 288 g/mol. The molecule has 1 rings (SSSR count). The number of phenolic OH excluding ortho intramolecular Hbond substituents is 1. The molecule has 3 nitrogen and oxygen atoms in total. The number of hydrogen-bond donors (Lipinski definition) is 1. The molecule has 0 atom stereocenters. The van der Waals surface area contributed by atoms with Gasteiger partial charge in [-0.1, -0.05) is 13.8 Å². The quantitative estimate of drug-likeness (QED) is 0.657. The second kappa shape index (κ2) is 6.63. The first-order valence-corrected chi connectivity index (χ1v) is 6.47. The Morgan fingerprint density at radius 3 is 2.45 bits per heavy atom. The molecule has 0 bridgehead atoms. The van der Waals surface area contributed by atoms with Crippen LogP contribution >= 0.6 is 0 Å². The topological polar surface area (TPSA) is 35.8 Å². The van der Waals surface area contributed by atoms with E-state index < -0.39 is 17.5 Å². The Bertz CT molecular complexity index is 484. The number of aryl methyl sites for hydroxylation is 1. The minimum absolute atomic E-state index is 0.237. The number of rotatable bonds is 5. The van der Waals surface area contributed by atoms with E-state index in [1.165, 1.54) is 6.34 Å². The lowest BCUT2D eigenvalue weighted by molar-refractivity contribution is -0.138. The first-order chi connectivity index (χ1) is 9.29. The Kier molecular flexibility index (Phi) is 5.42. The molecule has 112 valence electrons. The lowest BCUT2D eigenvalue weighted by Crippen LogP contribution is -2.16. The molecule has 0 aromatic heterocycles. The summed E-state index contributed by atoms with van der Waals surface area (Å²) in [5.41, 5.74) is -0.239. The maximum absolute atomic E-state index is 12.8. The largest absolute Gasteiger partial charge is 0.507 e. The summed E-state index contributed by atoms with van der Waals surface area (Å²) in [6.45, 7) is 4.58. The molecule has 0 saturated heterocycles. The van der Waals surface area contributed by atoms with Crippen molar-refractivity contribution in [1.82, 2.24) is 4.90 Å². The number of halogens is 3. The van der Waals surface area contributed by atoms with Crippen molar-refractivity contribution < 1.29 is 18.3 Å². The summed E-state index contributed by atoms with van der Waals surface area (Å²) in [5.74, 6) is -0.754. The predicted octanol–water partition coefficient (Wildman–Crippen LogP) is 3.98. The van der Waals surface area contributed by atoms with Gasteiger partial charge < -0.3 is 10.0 Å². The lowest BCUT2D eigenvalue weighted by atomic mass is 10.1. The molecule has 0 unspecified atom stereocenters. The normalized spacial score (nSPS) is 12.1. The van der Waals surface area contributed by atoms with Crippen LogP contribution in [-0.4, -0.2) is 29.9 Å². The summed E-state index contributed by atoms with van der Waals surface area (Å²) in [4.78, 5) is 5.91. The third kappa shape index (κ3) is 4.15. The van der Waals surface area contributed by atoms with Crippen LogP contribution in [-0.2, 0) is 12.6 Å². The zero-order valence-electron chi connectivity index (χ0n) is 11.8. The van der Waals surface area contributed by atoms with Gasteiger partial charge in [0.2, 0.25) is 0 Å². The molecule has 0 spiro atoms. The molecular formula is C14H19F3N2O. The molecule has 0 aliphatic carbocycles. The molecule has 0 aliphatic rings. The summed E-state index contributed by atoms with van der Waals surface area (Å²) in [5, 5.41) is 9.46. The average Bonchev–Trinajstić information content (AvgIpc) is 2.35. The minimum atomic E-state index is -4.59. The number of hydrogen-bond acceptors (Lipinski definition) is 2. The van der Waals surface area contributed by atoms with Crippen LogP contribution in [0.3, 0.4) is 0 Å². The molecule has 1 N–H and O–H groups in total. The van der Waals surface area contributed by atoms with Gasteiger partial charge in [0.1, 0.15) is 5.75 Å². The molecule has 0 aliphatic heterocycles. The van der Waals surface area contributed by atoms with Gasteiger partial charge in [0.15, 0.2) is 0 Å². The number of alkyl halides is 3. The van der Waals surface area contributed by atoms with Gasteiger partial charge in [-0.3, -0.25) is 0 Å². The smallest absolute Gasteiger partial charge is 0.420 e. The van der Waals surface area contributed by atoms with Crippen LogP contribution in [0.1, 0.15) is 31.4 Å². The standard InChI is InChI=1S/C14H19F3N2O/c1-4-6-19(3)9-18-12-8-11(14(15,16)17)13(20)7-10(12)5-2/h7-9,20H,4-6H2,1-3H3. The van der Waals surface area contributed by atoms with Crippen LogP contribution in [0.15, 0.2) is 17.1 Å². The fourth-order valence-electron chi connectivity index (χ4n) is 1.82. The van der Waals surface area contributed by atoms with Gasteiger partial charge in [0, 0.05) is 13.6 Å². The van der Waals surface area contributed by atoms with Gasteiger partial charge in [0.25, 0.3) is 0 Å². The highest BCUT2D eigenvalue weighted by Crippen LogP contribution is 2.39. The SMILES string of the molecule is CCCN(C)C=Nc1cc(C(F)(F)F)c(O)cc1CC. The molecular weight excluding hydrogens is 269 g/mol. The molecule has 0 saturated carbocycles. The van der Waals surface area contributed by atoms with Gasteiger partial charge in [-0.05, 0) is 30.5 Å². The molecule has 6 heteroatoms. The van der Waals surface area contributed by atoms with Crippen molar-refractivity contribution in [2.45, 2.75) is 32.9 Å². The molecule has 0 radical (unpaired) electrons. The molecule has 1 aromatic carbocycles. The van der Waals surface area contributed by atoms with Crippen LogP contribution in [0, 0.1) is 0 Å². The van der Waals surface area contributed by atoms with E-state index in [9.17, 15) is 18.3 Å². The third-order valence-electron chi connectivity index (χ3n) is 2.85. The molecule has 0 heterocycles. The van der Waals surface area contributed by atoms with E-state index in [-0.39, 0.29) is 5.69 Å². The highest BCUT2D eigenvalue weighted by molar-refractivity contribution is 5.65. The number of aromatic hydroxyl groups is 1. The number of phenols is 1. The highest BCUT2D eigenvalue weighted by atomic mass is 19.4. The Balaban J connectivity index is 3.17. The van der Waals surface area contributed by atoms with Crippen LogP contribution in [0.25, 0.3) is 0 Å². The van der Waals surface area contributed by atoms with Crippen molar-refractivity contribution >= 4 is 12.0 Å². The van der Waals surface area contributed by atoms with E-state index in [0.717, 1.165) is 25.1 Å². The predicted molar refractivity (Wildman–Crippen MR) is 73.6 cm³/mol. The van der Waals surface area contributed by atoms with Gasteiger partial charge in [-0.15, -0.1) is 0 Å². The second-order valence-electron chi connectivity index (χ2n) is 4.57. The Labute approximate surface area is 116 Å². The summed E-state index contributed by atoms with van der Waals surface area (Å²) < 4.78 is 38.3. The van der Waals surface area contributed by atoms with Gasteiger partial charge in [-0.2, -0.15) is 13.2 Å². The van der Waals surface area contributed by atoms with Crippen molar-refractivity contribution in [2.75, 3.05) is 13.6 Å². The van der Waals surface area contributed by atoms with Crippen molar-refractivity contribution in [3.05, 3.63) is 23.3 Å². The fourth-order valence-corrected chi connectivity index (χ4v) is 1.82. The summed E-state index contributed by atoms with van der Waals surface area (Å²) in [7, 11) is 1.81. The van der Waals surface area contributed by atoms with Crippen LogP contribution < -0.4 is 0 Å². The van der Waals surface area contributed by atoms with E-state index >= 15 is 0 Å². The van der Waals surface area contributed by atoms with E-state index in [2.05, 4.69) is 4.99 Å². The molecule has 0 amide bonds. The van der Waals surface area contributed by atoms with Crippen molar-refractivity contribution in [3.8, 4) is 5.75 Å². The highest BCUT2D eigenvalue weighted by Gasteiger charge is 2.34.